The first-order valence-corrected chi connectivity index (χ1v) is 11.1. The van der Waals surface area contributed by atoms with Crippen LogP contribution in [0.1, 0.15) is 30.0 Å². The van der Waals surface area contributed by atoms with Gasteiger partial charge >= 0.3 is 0 Å². The SMILES string of the molecule is CS(=O)(=O)N1CCC(C(=O)NC(c2ccccc2)c2ccsc2)CC1. The number of nitrogens with one attached hydrogen (secondary N) is 1. The minimum absolute atomic E-state index is 0.00629. The molecule has 2 aromatic rings. The first-order valence-electron chi connectivity index (χ1n) is 8.27. The largest absolute Gasteiger partial charge is 0.345 e. The van der Waals surface area contributed by atoms with E-state index in [-0.39, 0.29) is 17.9 Å². The molecular formula is C18H22N2O3S2. The molecule has 1 atom stereocenters. The van der Waals surface area contributed by atoms with E-state index in [1.807, 2.05) is 47.2 Å². The fourth-order valence-electron chi connectivity index (χ4n) is 3.15. The summed E-state index contributed by atoms with van der Waals surface area (Å²) in [5.41, 5.74) is 2.11. The van der Waals surface area contributed by atoms with Gasteiger partial charge in [-0.1, -0.05) is 30.3 Å². The van der Waals surface area contributed by atoms with E-state index < -0.39 is 10.0 Å². The maximum atomic E-state index is 12.8. The highest BCUT2D eigenvalue weighted by Gasteiger charge is 2.30. The summed E-state index contributed by atoms with van der Waals surface area (Å²) in [6.45, 7) is 0.816. The van der Waals surface area contributed by atoms with Crippen molar-refractivity contribution in [3.05, 3.63) is 58.3 Å². The van der Waals surface area contributed by atoms with Crippen LogP contribution in [0.2, 0.25) is 0 Å². The number of sulfonamides is 1. The summed E-state index contributed by atoms with van der Waals surface area (Å²) in [6.07, 6.45) is 2.34. The van der Waals surface area contributed by atoms with Crippen LogP contribution in [0.3, 0.4) is 0 Å². The zero-order valence-corrected chi connectivity index (χ0v) is 15.7. The van der Waals surface area contributed by atoms with E-state index in [0.717, 1.165) is 11.1 Å². The number of piperidine rings is 1. The molecule has 1 amide bonds. The van der Waals surface area contributed by atoms with Crippen LogP contribution in [-0.2, 0) is 14.8 Å². The Kier molecular flexibility index (Phi) is 5.56. The van der Waals surface area contributed by atoms with Crippen molar-refractivity contribution < 1.29 is 13.2 Å². The van der Waals surface area contributed by atoms with Crippen molar-refractivity contribution >= 4 is 27.3 Å². The van der Waals surface area contributed by atoms with Crippen molar-refractivity contribution in [1.82, 2.24) is 9.62 Å². The van der Waals surface area contributed by atoms with Gasteiger partial charge in [0.05, 0.1) is 12.3 Å². The predicted octanol–water partition coefficient (Wildman–Crippen LogP) is 2.63. The predicted molar refractivity (Wildman–Crippen MR) is 99.9 cm³/mol. The molecule has 7 heteroatoms. The van der Waals surface area contributed by atoms with E-state index in [1.165, 1.54) is 10.6 Å². The summed E-state index contributed by atoms with van der Waals surface area (Å²) in [4.78, 5) is 12.8. The third kappa shape index (κ3) is 4.48. The molecule has 1 unspecified atom stereocenters. The molecule has 134 valence electrons. The third-order valence-electron chi connectivity index (χ3n) is 4.59. The molecule has 0 saturated carbocycles. The number of carbonyl (C=O) groups excluding carboxylic acids is 1. The Balaban J connectivity index is 1.70. The van der Waals surface area contributed by atoms with Crippen molar-refractivity contribution in [2.45, 2.75) is 18.9 Å². The Morgan fingerprint density at radius 1 is 1.16 bits per heavy atom. The molecule has 2 heterocycles. The van der Waals surface area contributed by atoms with Gasteiger partial charge < -0.3 is 5.32 Å². The Morgan fingerprint density at radius 2 is 1.84 bits per heavy atom. The van der Waals surface area contributed by atoms with Crippen LogP contribution in [0, 0.1) is 5.92 Å². The molecule has 0 aliphatic carbocycles. The zero-order valence-electron chi connectivity index (χ0n) is 14.1. The van der Waals surface area contributed by atoms with Gasteiger partial charge in [-0.25, -0.2) is 12.7 Å². The number of benzene rings is 1. The number of amides is 1. The fourth-order valence-corrected chi connectivity index (χ4v) is 4.71. The van der Waals surface area contributed by atoms with Crippen LogP contribution in [0.15, 0.2) is 47.2 Å². The lowest BCUT2D eigenvalue weighted by Gasteiger charge is -2.30. The quantitative estimate of drug-likeness (QED) is 0.870. The van der Waals surface area contributed by atoms with Crippen molar-refractivity contribution in [2.24, 2.45) is 5.92 Å². The van der Waals surface area contributed by atoms with Gasteiger partial charge in [0.1, 0.15) is 0 Å². The highest BCUT2D eigenvalue weighted by Crippen LogP contribution is 2.26. The molecule has 0 bridgehead atoms. The van der Waals surface area contributed by atoms with Gasteiger partial charge in [0, 0.05) is 19.0 Å². The number of nitrogens with zero attached hydrogens (tertiary/aromatic N) is 1. The Morgan fingerprint density at radius 3 is 2.40 bits per heavy atom. The number of carbonyl (C=O) groups is 1. The molecular weight excluding hydrogens is 356 g/mol. The molecule has 0 spiro atoms. The minimum atomic E-state index is -3.17. The molecule has 1 aliphatic heterocycles. The third-order valence-corrected chi connectivity index (χ3v) is 6.59. The van der Waals surface area contributed by atoms with Gasteiger partial charge in [0.2, 0.25) is 15.9 Å². The normalized spacial score (nSPS) is 18.0. The monoisotopic (exact) mass is 378 g/mol. The summed E-state index contributed by atoms with van der Waals surface area (Å²) in [5, 5.41) is 7.21. The average Bonchev–Trinajstić information content (AvgIpc) is 3.14. The minimum Gasteiger partial charge on any atom is -0.345 e. The molecule has 1 fully saturated rings. The van der Waals surface area contributed by atoms with Crippen LogP contribution in [0.25, 0.3) is 0 Å². The number of hydrogen-bond acceptors (Lipinski definition) is 4. The molecule has 25 heavy (non-hydrogen) atoms. The van der Waals surface area contributed by atoms with Gasteiger partial charge in [-0.15, -0.1) is 0 Å². The van der Waals surface area contributed by atoms with Crippen molar-refractivity contribution in [2.75, 3.05) is 19.3 Å². The Labute approximate surface area is 152 Å². The Hall–Kier alpha value is -1.70. The topological polar surface area (TPSA) is 66.5 Å². The second-order valence-electron chi connectivity index (χ2n) is 6.35. The van der Waals surface area contributed by atoms with E-state index in [0.29, 0.717) is 25.9 Å². The van der Waals surface area contributed by atoms with Gasteiger partial charge in [-0.05, 0) is 40.8 Å². The highest BCUT2D eigenvalue weighted by atomic mass is 32.2. The summed E-state index contributed by atoms with van der Waals surface area (Å²) < 4.78 is 24.7. The molecule has 1 saturated heterocycles. The summed E-state index contributed by atoms with van der Waals surface area (Å²) in [6, 6.07) is 11.7. The van der Waals surface area contributed by atoms with Crippen LogP contribution in [-0.4, -0.2) is 38.0 Å². The maximum Gasteiger partial charge on any atom is 0.223 e. The lowest BCUT2D eigenvalue weighted by molar-refractivity contribution is -0.126. The van der Waals surface area contributed by atoms with E-state index in [1.54, 1.807) is 11.3 Å². The van der Waals surface area contributed by atoms with Gasteiger partial charge in [-0.3, -0.25) is 4.79 Å². The standard InChI is InChI=1S/C18H22N2O3S2/c1-25(22,23)20-10-7-15(8-11-20)18(21)19-17(16-9-12-24-13-16)14-5-3-2-4-6-14/h2-6,9,12-13,15,17H,7-8,10-11H2,1H3,(H,19,21). The number of rotatable bonds is 5. The summed E-state index contributed by atoms with van der Waals surface area (Å²) in [7, 11) is -3.17. The fraction of sp³-hybridized carbons (Fsp3) is 0.389. The molecule has 1 aromatic heterocycles. The van der Waals surface area contributed by atoms with Crippen LogP contribution >= 0.6 is 11.3 Å². The van der Waals surface area contributed by atoms with E-state index >= 15 is 0 Å². The van der Waals surface area contributed by atoms with Gasteiger partial charge in [0.25, 0.3) is 0 Å². The summed E-state index contributed by atoms with van der Waals surface area (Å²) >= 11 is 1.60. The van der Waals surface area contributed by atoms with Crippen molar-refractivity contribution in [3.8, 4) is 0 Å². The summed E-state index contributed by atoms with van der Waals surface area (Å²) in [5.74, 6) is -0.156. The second-order valence-corrected chi connectivity index (χ2v) is 9.11. The van der Waals surface area contributed by atoms with E-state index in [9.17, 15) is 13.2 Å². The lowest BCUT2D eigenvalue weighted by Crippen LogP contribution is -2.43. The maximum absolute atomic E-state index is 12.8. The van der Waals surface area contributed by atoms with Crippen LogP contribution in [0.4, 0.5) is 0 Å². The van der Waals surface area contributed by atoms with Crippen LogP contribution < -0.4 is 5.32 Å². The Bertz CT molecular complexity index is 796. The molecule has 1 aromatic carbocycles. The first kappa shape index (κ1) is 18.1. The van der Waals surface area contributed by atoms with Crippen molar-refractivity contribution in [3.63, 3.8) is 0 Å². The van der Waals surface area contributed by atoms with Gasteiger partial charge in [0.15, 0.2) is 0 Å². The molecule has 5 nitrogen and oxygen atoms in total. The number of thiophene rings is 1. The molecule has 0 radical (unpaired) electrons. The smallest absolute Gasteiger partial charge is 0.223 e. The average molecular weight is 379 g/mol. The van der Waals surface area contributed by atoms with Crippen molar-refractivity contribution in [1.29, 1.82) is 0 Å². The van der Waals surface area contributed by atoms with E-state index in [2.05, 4.69) is 5.32 Å². The van der Waals surface area contributed by atoms with Crippen LogP contribution in [0.5, 0.6) is 0 Å². The molecule has 1 aliphatic rings. The molecule has 1 N–H and O–H groups in total. The molecule has 3 rings (SSSR count). The highest BCUT2D eigenvalue weighted by molar-refractivity contribution is 7.88. The zero-order chi connectivity index (χ0) is 17.9. The lowest BCUT2D eigenvalue weighted by atomic mass is 9.95. The van der Waals surface area contributed by atoms with Gasteiger partial charge in [-0.2, -0.15) is 11.3 Å². The first-order chi connectivity index (χ1) is 11.9. The van der Waals surface area contributed by atoms with E-state index in [4.69, 9.17) is 0 Å². The second kappa shape index (κ2) is 7.68. The number of hydrogen-bond donors (Lipinski definition) is 1.